The van der Waals surface area contributed by atoms with Crippen molar-refractivity contribution in [2.45, 2.75) is 13.5 Å². The summed E-state index contributed by atoms with van der Waals surface area (Å²) in [6, 6.07) is 4.78. The van der Waals surface area contributed by atoms with Gasteiger partial charge in [-0.15, -0.1) is 0 Å². The van der Waals surface area contributed by atoms with E-state index in [0.717, 1.165) is 12.1 Å². The van der Waals surface area contributed by atoms with Crippen molar-refractivity contribution in [3.63, 3.8) is 0 Å². The van der Waals surface area contributed by atoms with Gasteiger partial charge in [0.1, 0.15) is 5.69 Å². The molecule has 0 bridgehead atoms. The third-order valence-electron chi connectivity index (χ3n) is 2.63. The summed E-state index contributed by atoms with van der Waals surface area (Å²) in [6.45, 7) is 3.80. The number of nitro benzene ring substituents is 1. The van der Waals surface area contributed by atoms with Crippen molar-refractivity contribution in [3.05, 3.63) is 33.9 Å². The highest BCUT2D eigenvalue weighted by Gasteiger charge is 2.15. The first-order valence-electron chi connectivity index (χ1n) is 5.45. The van der Waals surface area contributed by atoms with Crippen molar-refractivity contribution in [3.8, 4) is 0 Å². The first kappa shape index (κ1) is 13.4. The molecule has 0 spiro atoms. The van der Waals surface area contributed by atoms with E-state index in [9.17, 15) is 10.1 Å². The fourth-order valence-corrected chi connectivity index (χ4v) is 1.63. The van der Waals surface area contributed by atoms with E-state index in [-0.39, 0.29) is 18.0 Å². The van der Waals surface area contributed by atoms with Crippen molar-refractivity contribution in [1.29, 1.82) is 0 Å². The zero-order valence-electron chi connectivity index (χ0n) is 9.80. The second-order valence-corrected chi connectivity index (χ2v) is 3.70. The fraction of sp³-hybridized carbons (Fsp3) is 0.455. The minimum Gasteiger partial charge on any atom is -0.395 e. The first-order chi connectivity index (χ1) is 8.10. The number of hydrogen-bond donors (Lipinski definition) is 2. The van der Waals surface area contributed by atoms with E-state index >= 15 is 0 Å². The SMILES string of the molecule is CCN(CCO)Cc1cccc([N+](=O)[O-])c1N. The number of nitrogens with two attached hydrogens (primary N) is 1. The van der Waals surface area contributed by atoms with Gasteiger partial charge < -0.3 is 10.8 Å². The molecule has 0 heterocycles. The Hall–Kier alpha value is -1.66. The minimum atomic E-state index is -0.485. The zero-order chi connectivity index (χ0) is 12.8. The lowest BCUT2D eigenvalue weighted by atomic mass is 10.1. The number of rotatable bonds is 6. The molecule has 0 aliphatic carbocycles. The highest BCUT2D eigenvalue weighted by molar-refractivity contribution is 5.62. The molecule has 6 nitrogen and oxygen atoms in total. The van der Waals surface area contributed by atoms with E-state index in [0.29, 0.717) is 13.1 Å². The van der Waals surface area contributed by atoms with Gasteiger partial charge in [0.2, 0.25) is 0 Å². The number of aliphatic hydroxyl groups is 1. The number of para-hydroxylation sites is 1. The molecule has 94 valence electrons. The molecule has 0 aliphatic heterocycles. The summed E-state index contributed by atoms with van der Waals surface area (Å²) in [5, 5.41) is 19.6. The Morgan fingerprint density at radius 3 is 2.76 bits per heavy atom. The summed E-state index contributed by atoms with van der Waals surface area (Å²) < 4.78 is 0. The minimum absolute atomic E-state index is 0.0582. The summed E-state index contributed by atoms with van der Waals surface area (Å²) in [5.74, 6) is 0. The zero-order valence-corrected chi connectivity index (χ0v) is 9.80. The van der Waals surface area contributed by atoms with Crippen molar-refractivity contribution in [2.24, 2.45) is 0 Å². The van der Waals surface area contributed by atoms with E-state index in [1.807, 2.05) is 11.8 Å². The lowest BCUT2D eigenvalue weighted by Crippen LogP contribution is -2.26. The molecule has 0 saturated carbocycles. The third kappa shape index (κ3) is 3.40. The van der Waals surface area contributed by atoms with Crippen LogP contribution < -0.4 is 5.73 Å². The molecule has 0 aromatic heterocycles. The summed E-state index contributed by atoms with van der Waals surface area (Å²) in [7, 11) is 0. The third-order valence-corrected chi connectivity index (χ3v) is 2.63. The van der Waals surface area contributed by atoms with Gasteiger partial charge in [0.05, 0.1) is 11.5 Å². The summed E-state index contributed by atoms with van der Waals surface area (Å²) in [6.07, 6.45) is 0. The maximum Gasteiger partial charge on any atom is 0.292 e. The Morgan fingerprint density at radius 1 is 1.53 bits per heavy atom. The lowest BCUT2D eigenvalue weighted by Gasteiger charge is -2.19. The maximum atomic E-state index is 10.7. The van der Waals surface area contributed by atoms with Crippen molar-refractivity contribution in [1.82, 2.24) is 4.90 Å². The van der Waals surface area contributed by atoms with Gasteiger partial charge in [0, 0.05) is 19.2 Å². The number of nitro groups is 1. The monoisotopic (exact) mass is 239 g/mol. The lowest BCUT2D eigenvalue weighted by molar-refractivity contribution is -0.384. The Kier molecular flexibility index (Phi) is 4.86. The van der Waals surface area contributed by atoms with Crippen LogP contribution in [0.25, 0.3) is 0 Å². The topological polar surface area (TPSA) is 92.6 Å². The van der Waals surface area contributed by atoms with Gasteiger partial charge in [-0.25, -0.2) is 0 Å². The Balaban J connectivity index is 2.91. The quantitative estimate of drug-likeness (QED) is 0.438. The average molecular weight is 239 g/mol. The number of anilines is 1. The van der Waals surface area contributed by atoms with E-state index < -0.39 is 4.92 Å². The Bertz CT molecular complexity index is 396. The van der Waals surface area contributed by atoms with Gasteiger partial charge in [0.15, 0.2) is 0 Å². The molecule has 6 heteroatoms. The van der Waals surface area contributed by atoms with Gasteiger partial charge >= 0.3 is 0 Å². The molecule has 0 amide bonds. The molecule has 0 atom stereocenters. The number of benzene rings is 1. The van der Waals surface area contributed by atoms with E-state index in [1.165, 1.54) is 6.07 Å². The molecule has 0 fully saturated rings. The van der Waals surface area contributed by atoms with Crippen LogP contribution in [-0.2, 0) is 6.54 Å². The molecule has 3 N–H and O–H groups in total. The number of hydrogen-bond acceptors (Lipinski definition) is 5. The molecule has 0 aliphatic rings. The molecular formula is C11H17N3O3. The highest BCUT2D eigenvalue weighted by atomic mass is 16.6. The van der Waals surface area contributed by atoms with Crippen LogP contribution >= 0.6 is 0 Å². The summed E-state index contributed by atoms with van der Waals surface area (Å²) in [5.41, 5.74) is 6.61. The molecule has 1 aromatic carbocycles. The highest BCUT2D eigenvalue weighted by Crippen LogP contribution is 2.25. The fourth-order valence-electron chi connectivity index (χ4n) is 1.63. The Labute approximate surface area is 99.8 Å². The predicted molar refractivity (Wildman–Crippen MR) is 65.5 cm³/mol. The molecule has 0 saturated heterocycles. The van der Waals surface area contributed by atoms with Crippen LogP contribution in [0.4, 0.5) is 11.4 Å². The maximum absolute atomic E-state index is 10.7. The van der Waals surface area contributed by atoms with Gasteiger partial charge in [-0.1, -0.05) is 19.1 Å². The van der Waals surface area contributed by atoms with Crippen molar-refractivity contribution >= 4 is 11.4 Å². The number of nitrogen functional groups attached to an aromatic ring is 1. The number of nitrogens with zero attached hydrogens (tertiary/aromatic N) is 2. The molecule has 0 unspecified atom stereocenters. The Morgan fingerprint density at radius 2 is 2.24 bits per heavy atom. The second-order valence-electron chi connectivity index (χ2n) is 3.70. The van der Waals surface area contributed by atoms with Gasteiger partial charge in [-0.05, 0) is 12.1 Å². The van der Waals surface area contributed by atoms with Crippen LogP contribution in [0.1, 0.15) is 12.5 Å². The van der Waals surface area contributed by atoms with Crippen LogP contribution in [0.5, 0.6) is 0 Å². The molecule has 17 heavy (non-hydrogen) atoms. The van der Waals surface area contributed by atoms with Gasteiger partial charge in [-0.3, -0.25) is 15.0 Å². The van der Waals surface area contributed by atoms with E-state index in [1.54, 1.807) is 12.1 Å². The van der Waals surface area contributed by atoms with E-state index in [4.69, 9.17) is 10.8 Å². The van der Waals surface area contributed by atoms with Crippen LogP contribution in [0.15, 0.2) is 18.2 Å². The van der Waals surface area contributed by atoms with Crippen LogP contribution in [0.2, 0.25) is 0 Å². The molecule has 0 radical (unpaired) electrons. The summed E-state index contributed by atoms with van der Waals surface area (Å²) in [4.78, 5) is 12.2. The van der Waals surface area contributed by atoms with Crippen LogP contribution in [-0.4, -0.2) is 34.6 Å². The van der Waals surface area contributed by atoms with Crippen molar-refractivity contribution in [2.75, 3.05) is 25.4 Å². The molecule has 1 aromatic rings. The average Bonchev–Trinajstić information content (AvgIpc) is 2.30. The van der Waals surface area contributed by atoms with Crippen LogP contribution in [0, 0.1) is 10.1 Å². The smallest absolute Gasteiger partial charge is 0.292 e. The van der Waals surface area contributed by atoms with Gasteiger partial charge in [-0.2, -0.15) is 0 Å². The normalized spacial score (nSPS) is 10.8. The standard InChI is InChI=1S/C11H17N3O3/c1-2-13(6-7-15)8-9-4-3-5-10(11(9)12)14(16)17/h3-5,15H,2,6-8,12H2,1H3. The van der Waals surface area contributed by atoms with E-state index in [2.05, 4.69) is 0 Å². The number of aliphatic hydroxyl groups excluding tert-OH is 1. The van der Waals surface area contributed by atoms with Crippen molar-refractivity contribution < 1.29 is 10.0 Å². The first-order valence-corrected chi connectivity index (χ1v) is 5.45. The predicted octanol–water partition coefficient (Wildman–Crippen LogP) is 0.991. The summed E-state index contributed by atoms with van der Waals surface area (Å²) >= 11 is 0. The molecular weight excluding hydrogens is 222 g/mol. The van der Waals surface area contributed by atoms with Gasteiger partial charge in [0.25, 0.3) is 5.69 Å². The second kappa shape index (κ2) is 6.17. The molecule has 1 rings (SSSR count). The van der Waals surface area contributed by atoms with Crippen LogP contribution in [0.3, 0.4) is 0 Å². The number of likely N-dealkylation sites (N-methyl/N-ethyl adjacent to an activating group) is 1. The largest absolute Gasteiger partial charge is 0.395 e.